The predicted octanol–water partition coefficient (Wildman–Crippen LogP) is 3.33. The third kappa shape index (κ3) is 5.08. The number of hydrogen-bond donors (Lipinski definition) is 1. The first-order valence-electron chi connectivity index (χ1n) is 10.8. The molecule has 0 aliphatic carbocycles. The average molecular weight is 408 g/mol. The quantitative estimate of drug-likeness (QED) is 0.799. The highest BCUT2D eigenvalue weighted by molar-refractivity contribution is 5.87. The molecule has 1 fully saturated rings. The number of nitrogens with two attached hydrogens (primary N) is 1. The number of hydrogen-bond acceptors (Lipinski definition) is 3. The van der Waals surface area contributed by atoms with Crippen molar-refractivity contribution in [3.8, 4) is 11.1 Å². The van der Waals surface area contributed by atoms with Crippen molar-refractivity contribution in [3.05, 3.63) is 60.2 Å². The van der Waals surface area contributed by atoms with Gasteiger partial charge in [0.2, 0.25) is 11.8 Å². The Kier molecular flexibility index (Phi) is 6.93. The Morgan fingerprint density at radius 3 is 2.40 bits per heavy atom. The molecule has 2 aromatic rings. The van der Waals surface area contributed by atoms with Crippen LogP contribution < -0.4 is 5.73 Å². The Hall–Kier alpha value is -2.66. The van der Waals surface area contributed by atoms with Gasteiger partial charge in [-0.3, -0.25) is 9.59 Å². The summed E-state index contributed by atoms with van der Waals surface area (Å²) in [6.45, 7) is 7.74. The lowest BCUT2D eigenvalue weighted by atomic mass is 9.91. The zero-order chi connectivity index (χ0) is 21.7. The maximum atomic E-state index is 13.4. The summed E-state index contributed by atoms with van der Waals surface area (Å²) < 4.78 is 0. The van der Waals surface area contributed by atoms with E-state index in [0.717, 1.165) is 23.1 Å². The molecule has 0 spiro atoms. The van der Waals surface area contributed by atoms with E-state index >= 15 is 0 Å². The van der Waals surface area contributed by atoms with Crippen molar-refractivity contribution >= 4 is 11.8 Å². The van der Waals surface area contributed by atoms with Gasteiger partial charge in [0.15, 0.2) is 0 Å². The number of carbonyl (C=O) groups is 2. The van der Waals surface area contributed by atoms with Crippen molar-refractivity contribution in [1.29, 1.82) is 0 Å². The molecule has 3 rings (SSSR count). The van der Waals surface area contributed by atoms with Crippen molar-refractivity contribution in [2.45, 2.75) is 39.2 Å². The molecule has 2 N–H and O–H groups in total. The van der Waals surface area contributed by atoms with Gasteiger partial charge in [0.25, 0.3) is 0 Å². The number of amides is 2. The van der Waals surface area contributed by atoms with Crippen LogP contribution in [-0.4, -0.2) is 53.3 Å². The minimum absolute atomic E-state index is 0.102. The molecule has 1 heterocycles. The van der Waals surface area contributed by atoms with E-state index in [1.807, 2.05) is 35.2 Å². The van der Waals surface area contributed by atoms with Crippen molar-refractivity contribution in [2.24, 2.45) is 11.7 Å². The van der Waals surface area contributed by atoms with Crippen LogP contribution in [0.1, 0.15) is 32.8 Å². The molecule has 1 saturated heterocycles. The first kappa shape index (κ1) is 22.0. The van der Waals surface area contributed by atoms with Gasteiger partial charge >= 0.3 is 0 Å². The fourth-order valence-electron chi connectivity index (χ4n) is 4.14. The number of benzene rings is 2. The van der Waals surface area contributed by atoms with Crippen LogP contribution in [-0.2, 0) is 16.0 Å². The second kappa shape index (κ2) is 9.43. The molecule has 1 aliphatic heterocycles. The molecular formula is C25H33N3O2. The standard InChI is InChI=1S/C25H33N3O2/c1-4-14-27-15-16-28(24(30)25(2,3)26)18-21(23(27)29)17-20-12-8-9-13-22(20)19-10-6-5-7-11-19/h5-13,21H,4,14-18,26H2,1-3H3. The minimum Gasteiger partial charge on any atom is -0.341 e. The van der Waals surface area contributed by atoms with Gasteiger partial charge in [0.05, 0.1) is 11.5 Å². The zero-order valence-corrected chi connectivity index (χ0v) is 18.3. The van der Waals surface area contributed by atoms with E-state index in [1.54, 1.807) is 18.7 Å². The van der Waals surface area contributed by atoms with Crippen LogP contribution in [0.4, 0.5) is 0 Å². The highest BCUT2D eigenvalue weighted by atomic mass is 16.2. The first-order valence-corrected chi connectivity index (χ1v) is 10.8. The summed E-state index contributed by atoms with van der Waals surface area (Å²) in [6.07, 6.45) is 1.49. The van der Waals surface area contributed by atoms with Gasteiger partial charge in [-0.25, -0.2) is 0 Å². The molecule has 2 aromatic carbocycles. The van der Waals surface area contributed by atoms with E-state index in [9.17, 15) is 9.59 Å². The second-order valence-electron chi connectivity index (χ2n) is 8.72. The van der Waals surface area contributed by atoms with Gasteiger partial charge in [0, 0.05) is 26.2 Å². The third-order valence-electron chi connectivity index (χ3n) is 5.64. The summed E-state index contributed by atoms with van der Waals surface area (Å²) in [4.78, 5) is 30.0. The number of nitrogens with zero attached hydrogens (tertiary/aromatic N) is 2. The van der Waals surface area contributed by atoms with Crippen molar-refractivity contribution in [3.63, 3.8) is 0 Å². The Bertz CT molecular complexity index is 873. The van der Waals surface area contributed by atoms with Crippen LogP contribution >= 0.6 is 0 Å². The smallest absolute Gasteiger partial charge is 0.242 e. The molecule has 1 aliphatic rings. The maximum Gasteiger partial charge on any atom is 0.242 e. The molecule has 1 unspecified atom stereocenters. The molecule has 5 nitrogen and oxygen atoms in total. The van der Waals surface area contributed by atoms with E-state index < -0.39 is 5.54 Å². The number of carbonyl (C=O) groups excluding carboxylic acids is 2. The molecule has 160 valence electrons. The van der Waals surface area contributed by atoms with Gasteiger partial charge in [-0.1, -0.05) is 61.5 Å². The Morgan fingerprint density at radius 2 is 1.73 bits per heavy atom. The van der Waals surface area contributed by atoms with Crippen LogP contribution in [0.2, 0.25) is 0 Å². The molecule has 0 saturated carbocycles. The highest BCUT2D eigenvalue weighted by Gasteiger charge is 2.36. The summed E-state index contributed by atoms with van der Waals surface area (Å²) in [7, 11) is 0. The second-order valence-corrected chi connectivity index (χ2v) is 8.72. The summed E-state index contributed by atoms with van der Waals surface area (Å²) in [5.41, 5.74) is 8.54. The lowest BCUT2D eigenvalue weighted by molar-refractivity contribution is -0.137. The Labute approximate surface area is 179 Å². The van der Waals surface area contributed by atoms with Crippen molar-refractivity contribution in [1.82, 2.24) is 9.80 Å². The Balaban J connectivity index is 1.92. The predicted molar refractivity (Wildman–Crippen MR) is 121 cm³/mol. The largest absolute Gasteiger partial charge is 0.341 e. The van der Waals surface area contributed by atoms with Crippen LogP contribution in [0.5, 0.6) is 0 Å². The zero-order valence-electron chi connectivity index (χ0n) is 18.3. The van der Waals surface area contributed by atoms with E-state index in [-0.39, 0.29) is 17.7 Å². The summed E-state index contributed by atoms with van der Waals surface area (Å²) >= 11 is 0. The van der Waals surface area contributed by atoms with Gasteiger partial charge in [-0.15, -0.1) is 0 Å². The molecular weight excluding hydrogens is 374 g/mol. The fourth-order valence-corrected chi connectivity index (χ4v) is 4.14. The molecule has 30 heavy (non-hydrogen) atoms. The molecule has 0 aromatic heterocycles. The number of rotatable bonds is 6. The lowest BCUT2D eigenvalue weighted by Crippen LogP contribution is -2.52. The third-order valence-corrected chi connectivity index (χ3v) is 5.64. The van der Waals surface area contributed by atoms with Crippen LogP contribution in [0, 0.1) is 5.92 Å². The normalized spacial score (nSPS) is 17.7. The van der Waals surface area contributed by atoms with Crippen LogP contribution in [0.15, 0.2) is 54.6 Å². The monoisotopic (exact) mass is 407 g/mol. The molecule has 0 bridgehead atoms. The minimum atomic E-state index is -0.949. The molecule has 2 amide bonds. The van der Waals surface area contributed by atoms with E-state index in [0.29, 0.717) is 32.6 Å². The van der Waals surface area contributed by atoms with Crippen molar-refractivity contribution < 1.29 is 9.59 Å². The topological polar surface area (TPSA) is 66.6 Å². The van der Waals surface area contributed by atoms with Gasteiger partial charge in [0.1, 0.15) is 0 Å². The summed E-state index contributed by atoms with van der Waals surface area (Å²) in [5, 5.41) is 0. The lowest BCUT2D eigenvalue weighted by Gasteiger charge is -2.29. The fraction of sp³-hybridized carbons (Fsp3) is 0.440. The summed E-state index contributed by atoms with van der Waals surface area (Å²) in [5.74, 6) is -0.255. The maximum absolute atomic E-state index is 13.4. The van der Waals surface area contributed by atoms with Gasteiger partial charge < -0.3 is 15.5 Å². The molecule has 5 heteroatoms. The van der Waals surface area contributed by atoms with Gasteiger partial charge in [-0.2, -0.15) is 0 Å². The van der Waals surface area contributed by atoms with Gasteiger partial charge in [-0.05, 0) is 43.4 Å². The highest BCUT2D eigenvalue weighted by Crippen LogP contribution is 2.27. The average Bonchev–Trinajstić information content (AvgIpc) is 2.88. The molecule has 0 radical (unpaired) electrons. The summed E-state index contributed by atoms with van der Waals surface area (Å²) in [6, 6.07) is 18.4. The van der Waals surface area contributed by atoms with E-state index in [4.69, 9.17) is 5.73 Å². The first-order chi connectivity index (χ1) is 14.3. The van der Waals surface area contributed by atoms with E-state index in [2.05, 4.69) is 31.2 Å². The Morgan fingerprint density at radius 1 is 1.07 bits per heavy atom. The molecule has 1 atom stereocenters. The van der Waals surface area contributed by atoms with Crippen LogP contribution in [0.3, 0.4) is 0 Å². The van der Waals surface area contributed by atoms with E-state index in [1.165, 1.54) is 0 Å². The van der Waals surface area contributed by atoms with Crippen molar-refractivity contribution in [2.75, 3.05) is 26.2 Å². The SMILES string of the molecule is CCCN1CCN(C(=O)C(C)(C)N)CC(Cc2ccccc2-c2ccccc2)C1=O. The van der Waals surface area contributed by atoms with Crippen LogP contribution in [0.25, 0.3) is 11.1 Å².